The topological polar surface area (TPSA) is 35.5 Å². The third-order valence-electron chi connectivity index (χ3n) is 3.19. The molecule has 1 aromatic carbocycles. The maximum Gasteiger partial charge on any atom is 0.129 e. The molecule has 0 radical (unpaired) electrons. The van der Waals surface area contributed by atoms with Crippen LogP contribution in [0.4, 0.5) is 0 Å². The average Bonchev–Trinajstić information content (AvgIpc) is 2.37. The molecule has 1 heterocycles. The van der Waals surface area contributed by atoms with Crippen LogP contribution in [0, 0.1) is 0 Å². The monoisotopic (exact) mass is 252 g/mol. The van der Waals surface area contributed by atoms with E-state index >= 15 is 0 Å². The van der Waals surface area contributed by atoms with E-state index in [0.717, 1.165) is 44.0 Å². The molecule has 94 valence electrons. The fourth-order valence-electron chi connectivity index (χ4n) is 2.22. The van der Waals surface area contributed by atoms with Gasteiger partial charge in [0.1, 0.15) is 5.75 Å². The smallest absolute Gasteiger partial charge is 0.129 e. The second-order valence-electron chi connectivity index (χ2n) is 4.31. The van der Waals surface area contributed by atoms with Crippen molar-refractivity contribution in [2.24, 2.45) is 0 Å². The van der Waals surface area contributed by atoms with Crippen LogP contribution in [0.1, 0.15) is 5.56 Å². The Labute approximate surface area is 107 Å². The van der Waals surface area contributed by atoms with E-state index in [1.807, 2.05) is 12.3 Å². The van der Waals surface area contributed by atoms with Crippen molar-refractivity contribution in [3.63, 3.8) is 0 Å². The highest BCUT2D eigenvalue weighted by atomic mass is 32.2. The minimum absolute atomic E-state index is 0.412. The zero-order valence-electron chi connectivity index (χ0n) is 10.3. The van der Waals surface area contributed by atoms with Crippen LogP contribution in [0.5, 0.6) is 5.75 Å². The van der Waals surface area contributed by atoms with Gasteiger partial charge in [0.2, 0.25) is 0 Å². The number of rotatable bonds is 4. The first-order chi connectivity index (χ1) is 8.31. The van der Waals surface area contributed by atoms with Crippen molar-refractivity contribution in [1.82, 2.24) is 10.2 Å². The van der Waals surface area contributed by atoms with Crippen molar-refractivity contribution < 1.29 is 5.11 Å². The van der Waals surface area contributed by atoms with Gasteiger partial charge >= 0.3 is 0 Å². The van der Waals surface area contributed by atoms with Gasteiger partial charge in [0, 0.05) is 32.7 Å². The van der Waals surface area contributed by atoms with Crippen molar-refractivity contribution in [2.45, 2.75) is 11.3 Å². The second-order valence-corrected chi connectivity index (χ2v) is 5.13. The lowest BCUT2D eigenvalue weighted by molar-refractivity contribution is 0.243. The van der Waals surface area contributed by atoms with E-state index in [4.69, 9.17) is 0 Å². The van der Waals surface area contributed by atoms with Gasteiger partial charge in [-0.05, 0) is 24.3 Å². The van der Waals surface area contributed by atoms with Gasteiger partial charge in [-0.2, -0.15) is 0 Å². The number of benzene rings is 1. The normalized spacial score (nSPS) is 17.2. The van der Waals surface area contributed by atoms with Crippen molar-refractivity contribution in [3.05, 3.63) is 23.8 Å². The van der Waals surface area contributed by atoms with Crippen LogP contribution >= 0.6 is 11.8 Å². The summed E-state index contributed by atoms with van der Waals surface area (Å²) >= 11 is 1.63. The summed E-state index contributed by atoms with van der Waals surface area (Å²) in [5.74, 6) is 0.412. The highest BCUT2D eigenvalue weighted by Gasteiger charge is 2.11. The van der Waals surface area contributed by atoms with Crippen LogP contribution in [0.15, 0.2) is 23.1 Å². The molecule has 0 atom stereocenters. The number of nitrogens with one attached hydrogen (secondary N) is 1. The maximum absolute atomic E-state index is 9.78. The molecule has 2 N–H and O–H groups in total. The molecule has 0 aromatic heterocycles. The Hall–Kier alpha value is -0.710. The predicted octanol–water partition coefficient (Wildman–Crippen LogP) is 1.56. The van der Waals surface area contributed by atoms with E-state index in [0.29, 0.717) is 5.75 Å². The molecule has 0 saturated carbocycles. The number of hydrogen-bond donors (Lipinski definition) is 2. The summed E-state index contributed by atoms with van der Waals surface area (Å²) in [4.78, 5) is 3.51. The fraction of sp³-hybridized carbons (Fsp3) is 0.538. The number of aromatic hydroxyl groups is 1. The molecular weight excluding hydrogens is 232 g/mol. The van der Waals surface area contributed by atoms with Gasteiger partial charge < -0.3 is 15.3 Å². The standard InChI is InChI=1S/C13H20N2OS/c1-17-13-11(3-2-4-12(13)16)5-8-15-9-6-14-7-10-15/h2-4,14,16H,5-10H2,1H3. The second kappa shape index (κ2) is 6.28. The summed E-state index contributed by atoms with van der Waals surface area (Å²) in [5.41, 5.74) is 1.26. The Bertz CT molecular complexity index is 364. The SMILES string of the molecule is CSc1c(O)cccc1CCN1CCNCC1. The zero-order chi connectivity index (χ0) is 12.1. The number of phenolic OH excluding ortho intramolecular Hbond substituents is 1. The Morgan fingerprint density at radius 3 is 2.82 bits per heavy atom. The van der Waals surface area contributed by atoms with Crippen molar-refractivity contribution in [3.8, 4) is 5.75 Å². The van der Waals surface area contributed by atoms with Crippen LogP contribution in [0.2, 0.25) is 0 Å². The summed E-state index contributed by atoms with van der Waals surface area (Å²) in [6.07, 6.45) is 3.04. The van der Waals surface area contributed by atoms with Gasteiger partial charge in [-0.25, -0.2) is 0 Å². The van der Waals surface area contributed by atoms with E-state index in [1.54, 1.807) is 17.8 Å². The van der Waals surface area contributed by atoms with Gasteiger partial charge in [-0.1, -0.05) is 12.1 Å². The summed E-state index contributed by atoms with van der Waals surface area (Å²) in [6, 6.07) is 5.82. The van der Waals surface area contributed by atoms with Crippen molar-refractivity contribution >= 4 is 11.8 Å². The number of hydrogen-bond acceptors (Lipinski definition) is 4. The molecular formula is C13H20N2OS. The van der Waals surface area contributed by atoms with Gasteiger partial charge in [-0.15, -0.1) is 11.8 Å². The minimum atomic E-state index is 0.412. The largest absolute Gasteiger partial charge is 0.507 e. The first-order valence-electron chi connectivity index (χ1n) is 6.09. The first-order valence-corrected chi connectivity index (χ1v) is 7.31. The molecule has 2 rings (SSSR count). The Balaban J connectivity index is 1.95. The van der Waals surface area contributed by atoms with Crippen LogP contribution in [0.25, 0.3) is 0 Å². The summed E-state index contributed by atoms with van der Waals surface area (Å²) in [7, 11) is 0. The highest BCUT2D eigenvalue weighted by Crippen LogP contribution is 2.30. The van der Waals surface area contributed by atoms with Crippen LogP contribution in [-0.2, 0) is 6.42 Å². The molecule has 1 aliphatic rings. The first kappa shape index (κ1) is 12.7. The molecule has 0 unspecified atom stereocenters. The Morgan fingerprint density at radius 1 is 1.35 bits per heavy atom. The molecule has 1 fully saturated rings. The lowest BCUT2D eigenvalue weighted by atomic mass is 10.1. The van der Waals surface area contributed by atoms with Crippen LogP contribution in [-0.4, -0.2) is 49.0 Å². The van der Waals surface area contributed by atoms with Crippen LogP contribution < -0.4 is 5.32 Å². The third kappa shape index (κ3) is 3.37. The fourth-order valence-corrected chi connectivity index (χ4v) is 2.93. The van der Waals surface area contributed by atoms with E-state index in [-0.39, 0.29) is 0 Å². The zero-order valence-corrected chi connectivity index (χ0v) is 11.1. The van der Waals surface area contributed by atoms with E-state index in [1.165, 1.54) is 5.56 Å². The van der Waals surface area contributed by atoms with E-state index < -0.39 is 0 Å². The van der Waals surface area contributed by atoms with Gasteiger partial charge in [0.25, 0.3) is 0 Å². The number of phenols is 1. The quantitative estimate of drug-likeness (QED) is 0.797. The number of thioether (sulfide) groups is 1. The van der Waals surface area contributed by atoms with Gasteiger partial charge in [0.05, 0.1) is 4.90 Å². The average molecular weight is 252 g/mol. The molecule has 0 amide bonds. The number of piperazine rings is 1. The molecule has 1 aromatic rings. The maximum atomic E-state index is 9.78. The Kier molecular flexibility index (Phi) is 4.71. The van der Waals surface area contributed by atoms with Crippen LogP contribution in [0.3, 0.4) is 0 Å². The molecule has 0 spiro atoms. The molecule has 1 aliphatic heterocycles. The molecule has 0 bridgehead atoms. The number of nitrogens with zero attached hydrogens (tertiary/aromatic N) is 1. The lowest BCUT2D eigenvalue weighted by Crippen LogP contribution is -2.44. The summed E-state index contributed by atoms with van der Waals surface area (Å²) in [5, 5.41) is 13.1. The minimum Gasteiger partial charge on any atom is -0.507 e. The van der Waals surface area contributed by atoms with Crippen molar-refractivity contribution in [1.29, 1.82) is 0 Å². The Morgan fingerprint density at radius 2 is 2.12 bits per heavy atom. The van der Waals surface area contributed by atoms with E-state index in [2.05, 4.69) is 16.3 Å². The van der Waals surface area contributed by atoms with Crippen molar-refractivity contribution in [2.75, 3.05) is 39.0 Å². The summed E-state index contributed by atoms with van der Waals surface area (Å²) < 4.78 is 0. The van der Waals surface area contributed by atoms with E-state index in [9.17, 15) is 5.11 Å². The van der Waals surface area contributed by atoms with Gasteiger partial charge in [-0.3, -0.25) is 0 Å². The molecule has 17 heavy (non-hydrogen) atoms. The molecule has 4 heteroatoms. The summed E-state index contributed by atoms with van der Waals surface area (Å²) in [6.45, 7) is 5.53. The molecule has 3 nitrogen and oxygen atoms in total. The predicted molar refractivity (Wildman–Crippen MR) is 72.9 cm³/mol. The lowest BCUT2D eigenvalue weighted by Gasteiger charge is -2.27. The highest BCUT2D eigenvalue weighted by molar-refractivity contribution is 7.98. The third-order valence-corrected chi connectivity index (χ3v) is 4.07. The molecule has 1 saturated heterocycles. The van der Waals surface area contributed by atoms with Gasteiger partial charge in [0.15, 0.2) is 0 Å². The molecule has 0 aliphatic carbocycles.